The van der Waals surface area contributed by atoms with Gasteiger partial charge in [-0.1, -0.05) is 24.3 Å². The van der Waals surface area contributed by atoms with Crippen molar-refractivity contribution in [3.05, 3.63) is 84.2 Å². The quantitative estimate of drug-likeness (QED) is 0.626. The van der Waals surface area contributed by atoms with Crippen LogP contribution in [0.5, 0.6) is 17.2 Å². The summed E-state index contributed by atoms with van der Waals surface area (Å²) in [6.45, 7) is 2.53. The normalized spacial score (nSPS) is 10.3. The molecule has 0 spiro atoms. The van der Waals surface area contributed by atoms with Crippen molar-refractivity contribution in [3.63, 3.8) is 0 Å². The van der Waals surface area contributed by atoms with Gasteiger partial charge in [0, 0.05) is 0 Å². The smallest absolute Gasteiger partial charge is 0.228 e. The zero-order chi connectivity index (χ0) is 19.1. The van der Waals surface area contributed by atoms with Gasteiger partial charge in [0.05, 0.1) is 18.7 Å². The summed E-state index contributed by atoms with van der Waals surface area (Å²) in [6, 6.07) is 20.3. The number of nitrogens with one attached hydrogen (secondary N) is 1. The molecule has 138 valence electrons. The average molecular weight is 365 g/mol. The molecule has 0 unspecified atom stereocenters. The van der Waals surface area contributed by atoms with Crippen LogP contribution in [0.4, 0.5) is 10.1 Å². The standard InChI is InChI=1S/C22H20FNO3/c1-2-26-18-11-13-19(14-12-18)27-21-6-4-3-5-20(21)24-22(25)15-16-7-9-17(23)10-8-16/h3-14H,2,15H2,1H3,(H,24,25). The van der Waals surface area contributed by atoms with Gasteiger partial charge in [-0.25, -0.2) is 4.39 Å². The maximum Gasteiger partial charge on any atom is 0.228 e. The molecule has 0 bridgehead atoms. The van der Waals surface area contributed by atoms with Gasteiger partial charge < -0.3 is 14.8 Å². The number of halogens is 1. The highest BCUT2D eigenvalue weighted by molar-refractivity contribution is 5.93. The minimum atomic E-state index is -0.326. The Bertz CT molecular complexity index is 892. The summed E-state index contributed by atoms with van der Waals surface area (Å²) in [5, 5.41) is 2.84. The average Bonchev–Trinajstić information content (AvgIpc) is 2.67. The third kappa shape index (κ3) is 5.31. The van der Waals surface area contributed by atoms with E-state index in [1.807, 2.05) is 43.3 Å². The van der Waals surface area contributed by atoms with Crippen molar-refractivity contribution in [2.45, 2.75) is 13.3 Å². The Labute approximate surface area is 157 Å². The molecule has 0 aliphatic rings. The lowest BCUT2D eigenvalue weighted by molar-refractivity contribution is -0.115. The molecule has 0 aromatic heterocycles. The monoisotopic (exact) mass is 365 g/mol. The molecule has 0 heterocycles. The van der Waals surface area contributed by atoms with Crippen LogP contribution in [0.25, 0.3) is 0 Å². The molecule has 4 nitrogen and oxygen atoms in total. The minimum Gasteiger partial charge on any atom is -0.494 e. The molecule has 0 saturated heterocycles. The van der Waals surface area contributed by atoms with Gasteiger partial charge in [0.1, 0.15) is 17.3 Å². The van der Waals surface area contributed by atoms with E-state index in [2.05, 4.69) is 5.32 Å². The number of hydrogen-bond acceptors (Lipinski definition) is 3. The molecule has 3 aromatic rings. The Kier molecular flexibility index (Phi) is 6.05. The number of anilines is 1. The predicted octanol–water partition coefficient (Wildman–Crippen LogP) is 5.20. The van der Waals surface area contributed by atoms with E-state index in [1.54, 1.807) is 24.3 Å². The lowest BCUT2D eigenvalue weighted by Crippen LogP contribution is -2.14. The van der Waals surface area contributed by atoms with Gasteiger partial charge in [-0.2, -0.15) is 0 Å². The van der Waals surface area contributed by atoms with Crippen molar-refractivity contribution in [2.24, 2.45) is 0 Å². The van der Waals surface area contributed by atoms with Gasteiger partial charge in [0.25, 0.3) is 0 Å². The molecular weight excluding hydrogens is 345 g/mol. The van der Waals surface area contributed by atoms with Crippen LogP contribution < -0.4 is 14.8 Å². The first-order chi connectivity index (χ1) is 13.1. The van der Waals surface area contributed by atoms with E-state index in [0.29, 0.717) is 23.8 Å². The number of carbonyl (C=O) groups is 1. The lowest BCUT2D eigenvalue weighted by Gasteiger charge is -2.13. The van der Waals surface area contributed by atoms with Crippen molar-refractivity contribution < 1.29 is 18.7 Å². The van der Waals surface area contributed by atoms with Gasteiger partial charge in [-0.05, 0) is 61.0 Å². The number of hydrogen-bond donors (Lipinski definition) is 1. The highest BCUT2D eigenvalue weighted by Crippen LogP contribution is 2.30. The molecular formula is C22H20FNO3. The van der Waals surface area contributed by atoms with E-state index in [4.69, 9.17) is 9.47 Å². The van der Waals surface area contributed by atoms with Crippen LogP contribution in [0.15, 0.2) is 72.8 Å². The minimum absolute atomic E-state index is 0.150. The molecule has 5 heteroatoms. The maximum absolute atomic E-state index is 13.0. The van der Waals surface area contributed by atoms with Crippen molar-refractivity contribution in [1.82, 2.24) is 0 Å². The number of ether oxygens (including phenoxy) is 2. The van der Waals surface area contributed by atoms with E-state index < -0.39 is 0 Å². The van der Waals surface area contributed by atoms with Crippen LogP contribution in [0, 0.1) is 5.82 Å². The highest BCUT2D eigenvalue weighted by Gasteiger charge is 2.09. The van der Waals surface area contributed by atoms with Crippen molar-refractivity contribution >= 4 is 11.6 Å². The van der Waals surface area contributed by atoms with Crippen LogP contribution in [0.3, 0.4) is 0 Å². The Hall–Kier alpha value is -3.34. The van der Waals surface area contributed by atoms with E-state index in [0.717, 1.165) is 11.3 Å². The second-order valence-corrected chi connectivity index (χ2v) is 5.85. The molecule has 0 fully saturated rings. The molecule has 0 aliphatic heterocycles. The first kappa shape index (κ1) is 18.5. The number of rotatable bonds is 7. The molecule has 0 radical (unpaired) electrons. The SMILES string of the molecule is CCOc1ccc(Oc2ccccc2NC(=O)Cc2ccc(F)cc2)cc1. The molecule has 3 rings (SSSR count). The Balaban J connectivity index is 1.67. The largest absolute Gasteiger partial charge is 0.494 e. The summed E-state index contributed by atoms with van der Waals surface area (Å²) >= 11 is 0. The second kappa shape index (κ2) is 8.85. The van der Waals surface area contributed by atoms with Gasteiger partial charge in [0.15, 0.2) is 5.75 Å². The number of amides is 1. The number of benzene rings is 3. The fourth-order valence-electron chi connectivity index (χ4n) is 2.54. The van der Waals surface area contributed by atoms with Crippen LogP contribution in [0.2, 0.25) is 0 Å². The predicted molar refractivity (Wildman–Crippen MR) is 103 cm³/mol. The number of carbonyl (C=O) groups excluding carboxylic acids is 1. The first-order valence-electron chi connectivity index (χ1n) is 8.68. The van der Waals surface area contributed by atoms with Crippen LogP contribution in [-0.4, -0.2) is 12.5 Å². The van der Waals surface area contributed by atoms with Gasteiger partial charge in [-0.15, -0.1) is 0 Å². The molecule has 1 N–H and O–H groups in total. The Morgan fingerprint density at radius 1 is 0.926 bits per heavy atom. The van der Waals surface area contributed by atoms with Crippen molar-refractivity contribution in [3.8, 4) is 17.2 Å². The third-order valence-corrected chi connectivity index (χ3v) is 3.80. The Morgan fingerprint density at radius 2 is 1.59 bits per heavy atom. The summed E-state index contributed by atoms with van der Waals surface area (Å²) in [5.41, 5.74) is 1.30. The third-order valence-electron chi connectivity index (χ3n) is 3.80. The highest BCUT2D eigenvalue weighted by atomic mass is 19.1. The first-order valence-corrected chi connectivity index (χ1v) is 8.68. The van der Waals surface area contributed by atoms with Crippen molar-refractivity contribution in [2.75, 3.05) is 11.9 Å². The van der Waals surface area contributed by atoms with Gasteiger partial charge >= 0.3 is 0 Å². The van der Waals surface area contributed by atoms with Crippen LogP contribution in [0.1, 0.15) is 12.5 Å². The Morgan fingerprint density at radius 3 is 2.30 bits per heavy atom. The fraction of sp³-hybridized carbons (Fsp3) is 0.136. The zero-order valence-corrected chi connectivity index (χ0v) is 14.9. The van der Waals surface area contributed by atoms with E-state index >= 15 is 0 Å². The van der Waals surface area contributed by atoms with E-state index in [-0.39, 0.29) is 18.1 Å². The number of para-hydroxylation sites is 2. The van der Waals surface area contributed by atoms with Crippen LogP contribution in [-0.2, 0) is 11.2 Å². The molecule has 3 aromatic carbocycles. The van der Waals surface area contributed by atoms with Crippen molar-refractivity contribution in [1.29, 1.82) is 0 Å². The topological polar surface area (TPSA) is 47.6 Å². The molecule has 0 atom stereocenters. The van der Waals surface area contributed by atoms with Gasteiger partial charge in [-0.3, -0.25) is 4.79 Å². The summed E-state index contributed by atoms with van der Waals surface area (Å²) in [4.78, 5) is 12.3. The zero-order valence-electron chi connectivity index (χ0n) is 14.9. The maximum atomic E-state index is 13.0. The summed E-state index contributed by atoms with van der Waals surface area (Å²) < 4.78 is 24.3. The van der Waals surface area contributed by atoms with E-state index in [1.165, 1.54) is 12.1 Å². The molecule has 27 heavy (non-hydrogen) atoms. The van der Waals surface area contributed by atoms with Crippen LogP contribution >= 0.6 is 0 Å². The second-order valence-electron chi connectivity index (χ2n) is 5.85. The fourth-order valence-corrected chi connectivity index (χ4v) is 2.54. The molecule has 0 saturated carbocycles. The molecule has 1 amide bonds. The van der Waals surface area contributed by atoms with Gasteiger partial charge in [0.2, 0.25) is 5.91 Å². The summed E-state index contributed by atoms with van der Waals surface area (Å²) in [5.74, 6) is 1.41. The lowest BCUT2D eigenvalue weighted by atomic mass is 10.1. The summed E-state index contributed by atoms with van der Waals surface area (Å²) in [6.07, 6.45) is 0.150. The summed E-state index contributed by atoms with van der Waals surface area (Å²) in [7, 11) is 0. The van der Waals surface area contributed by atoms with E-state index in [9.17, 15) is 9.18 Å². The molecule has 0 aliphatic carbocycles.